The zero-order chi connectivity index (χ0) is 13.2. The van der Waals surface area contributed by atoms with Crippen LogP contribution in [0.3, 0.4) is 0 Å². The van der Waals surface area contributed by atoms with Crippen molar-refractivity contribution in [1.82, 2.24) is 14.4 Å². The normalized spacial score (nSPS) is 11.1. The van der Waals surface area contributed by atoms with Crippen LogP contribution < -0.4 is 0 Å². The number of aryl methyl sites for hydroxylation is 2. The molecule has 2 aromatic heterocycles. The Morgan fingerprint density at radius 1 is 1.21 bits per heavy atom. The third kappa shape index (κ3) is 2.51. The molecule has 2 heterocycles. The number of halogens is 2. The van der Waals surface area contributed by atoms with E-state index >= 15 is 0 Å². The molecule has 3 rings (SSSR count). The Labute approximate surface area is 124 Å². The van der Waals surface area contributed by atoms with Gasteiger partial charge in [0.1, 0.15) is 10.4 Å². The van der Waals surface area contributed by atoms with Crippen molar-refractivity contribution in [2.45, 2.75) is 12.8 Å². The summed E-state index contributed by atoms with van der Waals surface area (Å²) in [6, 6.07) is 7.92. The SMILES string of the molecule is Clc1ccccc1CCc1nc(Br)c2cnccn12. The van der Waals surface area contributed by atoms with Crippen molar-refractivity contribution in [1.29, 1.82) is 0 Å². The fraction of sp³-hybridized carbons (Fsp3) is 0.143. The zero-order valence-corrected chi connectivity index (χ0v) is 12.4. The van der Waals surface area contributed by atoms with Crippen molar-refractivity contribution in [2.75, 3.05) is 0 Å². The summed E-state index contributed by atoms with van der Waals surface area (Å²) >= 11 is 9.63. The maximum absolute atomic E-state index is 6.17. The Morgan fingerprint density at radius 3 is 2.89 bits per heavy atom. The summed E-state index contributed by atoms with van der Waals surface area (Å²) in [4.78, 5) is 8.64. The summed E-state index contributed by atoms with van der Waals surface area (Å²) in [6.45, 7) is 0. The molecule has 0 spiro atoms. The number of rotatable bonds is 3. The molecule has 0 aliphatic heterocycles. The Morgan fingerprint density at radius 2 is 2.05 bits per heavy atom. The van der Waals surface area contributed by atoms with Crippen LogP contribution in [-0.2, 0) is 12.8 Å². The maximum atomic E-state index is 6.17. The molecule has 3 nitrogen and oxygen atoms in total. The molecule has 0 aliphatic rings. The molecule has 0 radical (unpaired) electrons. The smallest absolute Gasteiger partial charge is 0.133 e. The van der Waals surface area contributed by atoms with Crippen molar-refractivity contribution in [2.24, 2.45) is 0 Å². The molecule has 96 valence electrons. The van der Waals surface area contributed by atoms with Gasteiger partial charge in [0.05, 0.1) is 11.7 Å². The third-order valence-corrected chi connectivity index (χ3v) is 4.00. The van der Waals surface area contributed by atoms with Gasteiger partial charge in [-0.25, -0.2) is 4.98 Å². The van der Waals surface area contributed by atoms with Crippen molar-refractivity contribution < 1.29 is 0 Å². The molecule has 0 aliphatic carbocycles. The van der Waals surface area contributed by atoms with Crippen LogP contribution in [0.15, 0.2) is 47.5 Å². The molecule has 0 N–H and O–H groups in total. The van der Waals surface area contributed by atoms with Crippen LogP contribution in [0, 0.1) is 0 Å². The summed E-state index contributed by atoms with van der Waals surface area (Å²) in [5.74, 6) is 1.00. The first-order valence-electron chi connectivity index (χ1n) is 5.95. The highest BCUT2D eigenvalue weighted by molar-refractivity contribution is 9.10. The van der Waals surface area contributed by atoms with Gasteiger partial charge >= 0.3 is 0 Å². The minimum atomic E-state index is 0.809. The molecule has 0 atom stereocenters. The molecule has 19 heavy (non-hydrogen) atoms. The van der Waals surface area contributed by atoms with Crippen molar-refractivity contribution in [3.8, 4) is 0 Å². The second-order valence-corrected chi connectivity index (χ2v) is 5.40. The lowest BCUT2D eigenvalue weighted by Gasteiger charge is -2.03. The number of nitrogens with zero attached hydrogens (tertiary/aromatic N) is 3. The van der Waals surface area contributed by atoms with Gasteiger partial charge in [-0.3, -0.25) is 9.38 Å². The van der Waals surface area contributed by atoms with Gasteiger partial charge in [0.2, 0.25) is 0 Å². The fourth-order valence-corrected chi connectivity index (χ4v) is 2.82. The van der Waals surface area contributed by atoms with Gasteiger partial charge in [0.25, 0.3) is 0 Å². The van der Waals surface area contributed by atoms with E-state index in [0.717, 1.165) is 39.4 Å². The molecule has 5 heteroatoms. The quantitative estimate of drug-likeness (QED) is 0.725. The van der Waals surface area contributed by atoms with E-state index in [1.165, 1.54) is 0 Å². The van der Waals surface area contributed by atoms with Crippen LogP contribution in [0.4, 0.5) is 0 Å². The van der Waals surface area contributed by atoms with Crippen molar-refractivity contribution >= 4 is 33.0 Å². The molecular weight excluding hydrogens is 326 g/mol. The molecule has 3 aromatic rings. The van der Waals surface area contributed by atoms with Crippen LogP contribution in [0.25, 0.3) is 5.52 Å². The van der Waals surface area contributed by atoms with E-state index in [-0.39, 0.29) is 0 Å². The number of hydrogen-bond donors (Lipinski definition) is 0. The molecular formula is C14H11BrClN3. The van der Waals surface area contributed by atoms with Crippen molar-refractivity contribution in [3.05, 3.63) is 63.9 Å². The summed E-state index contributed by atoms with van der Waals surface area (Å²) in [6.07, 6.45) is 7.19. The average Bonchev–Trinajstić information content (AvgIpc) is 2.75. The van der Waals surface area contributed by atoms with E-state index in [2.05, 4.69) is 32.0 Å². The molecule has 1 aromatic carbocycles. The first-order valence-corrected chi connectivity index (χ1v) is 7.12. The summed E-state index contributed by atoms with van der Waals surface area (Å²) in [7, 11) is 0. The number of hydrogen-bond acceptors (Lipinski definition) is 2. The third-order valence-electron chi connectivity index (χ3n) is 3.05. The second-order valence-electron chi connectivity index (χ2n) is 4.24. The number of benzene rings is 1. The lowest BCUT2D eigenvalue weighted by Crippen LogP contribution is -1.98. The van der Waals surface area contributed by atoms with Gasteiger partial charge < -0.3 is 0 Å². The lowest BCUT2D eigenvalue weighted by atomic mass is 10.1. The molecule has 0 unspecified atom stereocenters. The van der Waals surface area contributed by atoms with E-state index in [1.54, 1.807) is 12.4 Å². The van der Waals surface area contributed by atoms with Gasteiger partial charge in [0, 0.05) is 23.8 Å². The maximum Gasteiger partial charge on any atom is 0.133 e. The summed E-state index contributed by atoms with van der Waals surface area (Å²) < 4.78 is 2.88. The minimum Gasteiger partial charge on any atom is -0.300 e. The Kier molecular flexibility index (Phi) is 3.53. The molecule has 0 bridgehead atoms. The van der Waals surface area contributed by atoms with Crippen molar-refractivity contribution in [3.63, 3.8) is 0 Å². The summed E-state index contributed by atoms with van der Waals surface area (Å²) in [5.41, 5.74) is 2.13. The van der Waals surface area contributed by atoms with Crippen LogP contribution in [0.1, 0.15) is 11.4 Å². The highest BCUT2D eigenvalue weighted by Gasteiger charge is 2.09. The number of aromatic nitrogens is 3. The Hall–Kier alpha value is -1.39. The van der Waals surface area contributed by atoms with Crippen LogP contribution in [0.5, 0.6) is 0 Å². The molecule has 0 saturated heterocycles. The van der Waals surface area contributed by atoms with E-state index < -0.39 is 0 Å². The van der Waals surface area contributed by atoms with Gasteiger partial charge in [-0.15, -0.1) is 0 Å². The van der Waals surface area contributed by atoms with Crippen LogP contribution in [0.2, 0.25) is 5.02 Å². The van der Waals surface area contributed by atoms with E-state index in [0.29, 0.717) is 0 Å². The highest BCUT2D eigenvalue weighted by atomic mass is 79.9. The monoisotopic (exact) mass is 335 g/mol. The number of imidazole rings is 1. The predicted molar refractivity (Wildman–Crippen MR) is 79.5 cm³/mol. The largest absolute Gasteiger partial charge is 0.300 e. The summed E-state index contributed by atoms with van der Waals surface area (Å²) in [5, 5.41) is 0.809. The van der Waals surface area contributed by atoms with Gasteiger partial charge in [-0.2, -0.15) is 0 Å². The first-order chi connectivity index (χ1) is 9.25. The standard InChI is InChI=1S/C14H11BrClN3/c15-14-12-9-17-7-8-19(12)13(18-14)6-5-10-3-1-2-4-11(10)16/h1-4,7-9H,5-6H2. The Balaban J connectivity index is 1.88. The first kappa shape index (κ1) is 12.6. The topological polar surface area (TPSA) is 30.2 Å². The van der Waals surface area contributed by atoms with Gasteiger partial charge in [-0.1, -0.05) is 29.8 Å². The molecule has 0 amide bonds. The van der Waals surface area contributed by atoms with Gasteiger partial charge in [-0.05, 0) is 34.0 Å². The molecule has 0 fully saturated rings. The highest BCUT2D eigenvalue weighted by Crippen LogP contribution is 2.21. The van der Waals surface area contributed by atoms with E-state index in [1.807, 2.05) is 28.8 Å². The zero-order valence-electron chi connectivity index (χ0n) is 10.1. The average molecular weight is 337 g/mol. The van der Waals surface area contributed by atoms with Crippen LogP contribution >= 0.6 is 27.5 Å². The van der Waals surface area contributed by atoms with E-state index in [9.17, 15) is 0 Å². The lowest BCUT2D eigenvalue weighted by molar-refractivity contribution is 0.850. The van der Waals surface area contributed by atoms with Gasteiger partial charge in [0.15, 0.2) is 0 Å². The predicted octanol–water partition coefficient (Wildman–Crippen LogP) is 3.93. The number of fused-ring (bicyclic) bond motifs is 1. The second kappa shape index (κ2) is 5.31. The minimum absolute atomic E-state index is 0.809. The molecule has 0 saturated carbocycles. The van der Waals surface area contributed by atoms with E-state index in [4.69, 9.17) is 11.6 Å². The fourth-order valence-electron chi connectivity index (χ4n) is 2.09. The Bertz CT molecular complexity index is 724. The van der Waals surface area contributed by atoms with Crippen LogP contribution in [-0.4, -0.2) is 14.4 Å².